The summed E-state index contributed by atoms with van der Waals surface area (Å²) in [6.45, 7) is 16.9. The molecule has 0 saturated heterocycles. The third kappa shape index (κ3) is 17.8. The molecule has 0 bridgehead atoms. The zero-order valence-electron chi connectivity index (χ0n) is 40.4. The van der Waals surface area contributed by atoms with Gasteiger partial charge in [0.15, 0.2) is 0 Å². The molecule has 0 radical (unpaired) electrons. The van der Waals surface area contributed by atoms with Crippen molar-refractivity contribution in [3.63, 3.8) is 0 Å². The van der Waals surface area contributed by atoms with Gasteiger partial charge in [0.2, 0.25) is 0 Å². The fourth-order valence-corrected chi connectivity index (χ4v) is 7.68. The number of hydrogen-bond acceptors (Lipinski definition) is 12. The van der Waals surface area contributed by atoms with Gasteiger partial charge in [-0.1, -0.05) is 104 Å². The fourth-order valence-electron chi connectivity index (χ4n) is 7.68. The maximum atomic E-state index is 13.7. The molecule has 0 unspecified atom stereocenters. The van der Waals surface area contributed by atoms with Crippen LogP contribution in [0.5, 0.6) is 0 Å². The average molecular weight is 957 g/mol. The number of carbonyl (C=O) groups excluding carboxylic acids is 2. The Hall–Kier alpha value is -3.96. The number of carbonyl (C=O) groups is 2. The van der Waals surface area contributed by atoms with E-state index in [0.717, 1.165) is 67.3 Å². The summed E-state index contributed by atoms with van der Waals surface area (Å²) < 4.78 is 38.3. The molecule has 2 aromatic carbocycles. The van der Waals surface area contributed by atoms with Gasteiger partial charge in [-0.2, -0.15) is 0 Å². The van der Waals surface area contributed by atoms with Crippen molar-refractivity contribution in [3.8, 4) is 22.3 Å². The summed E-state index contributed by atoms with van der Waals surface area (Å²) in [6, 6.07) is 12.4. The van der Waals surface area contributed by atoms with E-state index in [1.807, 2.05) is 27.7 Å². The number of hydrogen-bond donors (Lipinski definition) is 4. The van der Waals surface area contributed by atoms with E-state index in [9.17, 15) is 49.0 Å². The number of ether oxygens (including phenoxy) is 2. The summed E-state index contributed by atoms with van der Waals surface area (Å²) in [4.78, 5) is 31.3. The number of nitrogens with zero attached hydrogens (tertiary/aromatic N) is 2. The maximum absolute atomic E-state index is 13.7. The molecular formula is C52H66CaF2N2O10. The van der Waals surface area contributed by atoms with E-state index in [-0.39, 0.29) is 85.9 Å². The molecule has 4 atom stereocenters. The van der Waals surface area contributed by atoms with Crippen molar-refractivity contribution in [2.75, 3.05) is 14.2 Å². The molecule has 4 rings (SSSR count). The van der Waals surface area contributed by atoms with Gasteiger partial charge in [0.25, 0.3) is 0 Å². The number of pyridine rings is 2. The molecule has 2 aromatic heterocycles. The smallest absolute Gasteiger partial charge is 0.550 e. The number of aliphatic hydroxyl groups excluding tert-OH is 4. The molecule has 0 aliphatic rings. The third-order valence-electron chi connectivity index (χ3n) is 10.6. The Kier molecular flexibility index (Phi) is 25.2. The standard InChI is InChI=1S/2C26H34FNO5.Ca/c2*1-15(2)25-21(11-10-19(29)12-20(30)13-23(31)32)24(17-6-8-18(27)9-7-17)22(14-33-5)26(28-25)16(3)4;/h2*6-11,15-16,19-20,29-30H,12-14H2,1-5H3,(H,31,32);/q;;+2/p-2/b2*11-10+;/t2*19-,20-;/m11./s1. The van der Waals surface area contributed by atoms with Gasteiger partial charge in [0.05, 0.1) is 49.0 Å². The number of aromatic nitrogens is 2. The van der Waals surface area contributed by atoms with Crippen molar-refractivity contribution in [3.05, 3.63) is 117 Å². The number of aliphatic hydroxyl groups is 4. The van der Waals surface area contributed by atoms with E-state index in [4.69, 9.17) is 19.4 Å². The largest absolute Gasteiger partial charge is 2.00 e. The molecule has 0 spiro atoms. The van der Waals surface area contributed by atoms with E-state index in [0.29, 0.717) is 13.2 Å². The first kappa shape index (κ1) is 59.2. The molecule has 4 aromatic rings. The van der Waals surface area contributed by atoms with Gasteiger partial charge in [0, 0.05) is 85.5 Å². The second kappa shape index (κ2) is 28.5. The Morgan fingerprint density at radius 2 is 0.866 bits per heavy atom. The molecule has 12 nitrogen and oxygen atoms in total. The van der Waals surface area contributed by atoms with E-state index in [1.165, 1.54) is 36.4 Å². The summed E-state index contributed by atoms with van der Waals surface area (Å²) in [5, 5.41) is 61.8. The van der Waals surface area contributed by atoms with Crippen molar-refractivity contribution in [1.29, 1.82) is 0 Å². The van der Waals surface area contributed by atoms with Crippen molar-refractivity contribution >= 4 is 61.8 Å². The molecule has 4 N–H and O–H groups in total. The number of methoxy groups -OCH3 is 2. The summed E-state index contributed by atoms with van der Waals surface area (Å²) in [5.74, 6) is -3.09. The second-order valence-corrected chi connectivity index (χ2v) is 17.6. The van der Waals surface area contributed by atoms with Gasteiger partial charge < -0.3 is 49.7 Å². The Morgan fingerprint density at radius 3 is 1.12 bits per heavy atom. The van der Waals surface area contributed by atoms with Crippen LogP contribution in [-0.2, 0) is 32.3 Å². The fraction of sp³-hybridized carbons (Fsp3) is 0.462. The first-order valence-corrected chi connectivity index (χ1v) is 22.2. The van der Waals surface area contributed by atoms with Gasteiger partial charge in [-0.15, -0.1) is 0 Å². The first-order valence-electron chi connectivity index (χ1n) is 22.2. The van der Waals surface area contributed by atoms with Crippen LogP contribution in [0.3, 0.4) is 0 Å². The summed E-state index contributed by atoms with van der Waals surface area (Å²) in [7, 11) is 3.21. The Balaban J connectivity index is 0.000000453. The van der Waals surface area contributed by atoms with Gasteiger partial charge in [0.1, 0.15) is 11.6 Å². The van der Waals surface area contributed by atoms with Crippen molar-refractivity contribution < 1.29 is 58.5 Å². The van der Waals surface area contributed by atoms with Crippen LogP contribution in [-0.4, -0.2) is 119 Å². The van der Waals surface area contributed by atoms with Crippen LogP contribution in [0.2, 0.25) is 0 Å². The van der Waals surface area contributed by atoms with Crippen molar-refractivity contribution in [1.82, 2.24) is 9.97 Å². The predicted molar refractivity (Wildman–Crippen MR) is 253 cm³/mol. The van der Waals surface area contributed by atoms with E-state index in [1.54, 1.807) is 50.6 Å². The molecule has 2 heterocycles. The van der Waals surface area contributed by atoms with Crippen LogP contribution in [0.25, 0.3) is 34.4 Å². The zero-order chi connectivity index (χ0) is 49.4. The van der Waals surface area contributed by atoms with Crippen molar-refractivity contribution in [2.24, 2.45) is 0 Å². The van der Waals surface area contributed by atoms with Gasteiger partial charge in [-0.3, -0.25) is 9.97 Å². The van der Waals surface area contributed by atoms with Crippen molar-refractivity contribution in [2.45, 2.75) is 142 Å². The van der Waals surface area contributed by atoms with E-state index in [2.05, 4.69) is 27.7 Å². The Labute approximate surface area is 423 Å². The quantitative estimate of drug-likeness (QED) is 0.0607. The minimum absolute atomic E-state index is 0. The molecule has 0 aliphatic carbocycles. The molecule has 360 valence electrons. The minimum Gasteiger partial charge on any atom is -0.550 e. The van der Waals surface area contributed by atoms with E-state index >= 15 is 0 Å². The zero-order valence-corrected chi connectivity index (χ0v) is 42.6. The Bertz CT molecular complexity index is 2110. The molecular weight excluding hydrogens is 891 g/mol. The van der Waals surface area contributed by atoms with E-state index < -0.39 is 49.2 Å². The SMILES string of the molecule is COCc1c(C(C)C)nc(C(C)C)c(/C=C/[C@@H](O)C[C@@H](O)CC(=O)[O-])c1-c1ccc(F)cc1.COCc1c(C(C)C)nc(C(C)C)c(/C=C/[C@@H](O)C[C@@H](O)CC(=O)[O-])c1-c1ccc(F)cc1.[Ca+2]. The third-order valence-corrected chi connectivity index (χ3v) is 10.6. The number of halogens is 2. The number of rotatable bonds is 22. The molecule has 0 saturated carbocycles. The molecule has 67 heavy (non-hydrogen) atoms. The maximum Gasteiger partial charge on any atom is 2.00 e. The van der Waals surface area contributed by atoms with Gasteiger partial charge >= 0.3 is 37.7 Å². The molecule has 0 aliphatic heterocycles. The normalized spacial score (nSPS) is 13.6. The second-order valence-electron chi connectivity index (χ2n) is 17.6. The summed E-state index contributed by atoms with van der Waals surface area (Å²) >= 11 is 0. The molecule has 15 heteroatoms. The van der Waals surface area contributed by atoms with Gasteiger partial charge in [-0.05, 0) is 70.2 Å². The average Bonchev–Trinajstić information content (AvgIpc) is 3.22. The number of carboxylic acid groups (broad SMARTS) is 2. The topological polar surface area (TPSA) is 205 Å². The van der Waals surface area contributed by atoms with Crippen LogP contribution in [0.1, 0.15) is 150 Å². The molecule has 0 fully saturated rings. The molecule has 0 amide bonds. The summed E-state index contributed by atoms with van der Waals surface area (Å²) in [5.41, 5.74) is 9.99. The summed E-state index contributed by atoms with van der Waals surface area (Å²) in [6.07, 6.45) is 0.527. The number of benzene rings is 2. The van der Waals surface area contributed by atoms with Crippen LogP contribution < -0.4 is 10.2 Å². The minimum atomic E-state index is -1.38. The van der Waals surface area contributed by atoms with Crippen LogP contribution in [0, 0.1) is 11.6 Å². The van der Waals surface area contributed by atoms with Gasteiger partial charge in [-0.25, -0.2) is 8.78 Å². The first-order chi connectivity index (χ1) is 31.1. The number of carboxylic acids is 2. The number of aliphatic carboxylic acids is 2. The Morgan fingerprint density at radius 1 is 0.567 bits per heavy atom. The van der Waals surface area contributed by atoms with Crippen LogP contribution >= 0.6 is 0 Å². The monoisotopic (exact) mass is 956 g/mol. The van der Waals surface area contributed by atoms with Crippen LogP contribution in [0.15, 0.2) is 60.7 Å². The predicted octanol–water partition coefficient (Wildman–Crippen LogP) is 6.71. The van der Waals surface area contributed by atoms with Crippen LogP contribution in [0.4, 0.5) is 8.78 Å².